The van der Waals surface area contributed by atoms with Gasteiger partial charge in [-0.2, -0.15) is 0 Å². The standard InChI is InChI=1S/C20H30O7Si/c1-20(2,3)28(6,7)27-14-10-12-13(21)9-8-11(17(12)22)15(18(23)25-4)16(14)19(24)26-5/h8-9,11-12,14-16H,10H2,1-7H3/t11-,12-,14+,15-,16+/m1/s1. The van der Waals surface area contributed by atoms with Gasteiger partial charge in [0.05, 0.1) is 44.0 Å². The quantitative estimate of drug-likeness (QED) is 0.398. The van der Waals surface area contributed by atoms with E-state index >= 15 is 0 Å². The van der Waals surface area contributed by atoms with Crippen molar-refractivity contribution in [2.45, 2.75) is 51.4 Å². The lowest BCUT2D eigenvalue weighted by Gasteiger charge is -2.41. The van der Waals surface area contributed by atoms with Gasteiger partial charge in [-0.1, -0.05) is 26.8 Å². The molecule has 0 radical (unpaired) electrons. The van der Waals surface area contributed by atoms with Gasteiger partial charge in [0.25, 0.3) is 0 Å². The van der Waals surface area contributed by atoms with E-state index < -0.39 is 50.0 Å². The van der Waals surface area contributed by atoms with Gasteiger partial charge in [-0.05, 0) is 30.6 Å². The van der Waals surface area contributed by atoms with E-state index in [0.29, 0.717) is 0 Å². The smallest absolute Gasteiger partial charge is 0.312 e. The van der Waals surface area contributed by atoms with Gasteiger partial charge in [0.15, 0.2) is 19.9 Å². The summed E-state index contributed by atoms with van der Waals surface area (Å²) in [7, 11) is 0.0687. The molecule has 1 saturated carbocycles. The van der Waals surface area contributed by atoms with E-state index in [1.165, 1.54) is 26.4 Å². The molecule has 0 aromatic carbocycles. The predicted molar refractivity (Wildman–Crippen MR) is 104 cm³/mol. The molecule has 0 aliphatic heterocycles. The van der Waals surface area contributed by atoms with Crippen LogP contribution in [0.5, 0.6) is 0 Å². The first-order valence-electron chi connectivity index (χ1n) is 9.45. The zero-order valence-corrected chi connectivity index (χ0v) is 18.6. The lowest BCUT2D eigenvalue weighted by Crippen LogP contribution is -2.50. The van der Waals surface area contributed by atoms with E-state index in [1.54, 1.807) is 0 Å². The van der Waals surface area contributed by atoms with Crippen molar-refractivity contribution >= 4 is 31.8 Å². The van der Waals surface area contributed by atoms with Gasteiger partial charge in [0.1, 0.15) is 0 Å². The Bertz CT molecular complexity index is 704. The van der Waals surface area contributed by atoms with Gasteiger partial charge in [-0.15, -0.1) is 0 Å². The fourth-order valence-electron chi connectivity index (χ4n) is 3.68. The summed E-state index contributed by atoms with van der Waals surface area (Å²) in [4.78, 5) is 50.7. The SMILES string of the molecule is COC(=O)[C@@H]1[C@H](C(=O)OC)[C@H]2C=CC(=O)[C@@H](C[C@@H]1O[Si](C)(C)C(C)(C)C)C2=O. The van der Waals surface area contributed by atoms with Crippen LogP contribution < -0.4 is 0 Å². The Hall–Kier alpha value is -1.80. The average molecular weight is 411 g/mol. The molecule has 0 spiro atoms. The molecular weight excluding hydrogens is 380 g/mol. The summed E-state index contributed by atoms with van der Waals surface area (Å²) < 4.78 is 16.4. The lowest BCUT2D eigenvalue weighted by atomic mass is 9.76. The lowest BCUT2D eigenvalue weighted by molar-refractivity contribution is -0.163. The van der Waals surface area contributed by atoms with Crippen molar-refractivity contribution < 1.29 is 33.1 Å². The second-order valence-corrected chi connectivity index (χ2v) is 13.7. The minimum absolute atomic E-state index is 0.0538. The van der Waals surface area contributed by atoms with Crippen molar-refractivity contribution in [3.05, 3.63) is 12.2 Å². The van der Waals surface area contributed by atoms with Gasteiger partial charge in [-0.3, -0.25) is 19.2 Å². The highest BCUT2D eigenvalue weighted by Gasteiger charge is 2.56. The van der Waals surface area contributed by atoms with Crippen molar-refractivity contribution in [2.75, 3.05) is 14.2 Å². The Labute approximate surface area is 166 Å². The molecule has 0 aromatic heterocycles. The number of allylic oxidation sites excluding steroid dienone is 2. The number of ether oxygens (including phenoxy) is 2. The molecule has 7 nitrogen and oxygen atoms in total. The molecule has 2 aliphatic carbocycles. The summed E-state index contributed by atoms with van der Waals surface area (Å²) in [5.74, 6) is -5.95. The maximum atomic E-state index is 13.0. The Kier molecular flexibility index (Phi) is 6.35. The minimum atomic E-state index is -2.38. The van der Waals surface area contributed by atoms with Gasteiger partial charge in [-0.25, -0.2) is 0 Å². The Morgan fingerprint density at radius 2 is 1.57 bits per heavy atom. The summed E-state index contributed by atoms with van der Waals surface area (Å²) in [5.41, 5.74) is 0. The van der Waals surface area contributed by atoms with E-state index in [2.05, 4.69) is 20.8 Å². The third kappa shape index (κ3) is 3.98. The van der Waals surface area contributed by atoms with Gasteiger partial charge in [0.2, 0.25) is 0 Å². The summed E-state index contributed by atoms with van der Waals surface area (Å²) in [6, 6.07) is 0. The normalized spacial score (nSPS) is 30.6. The van der Waals surface area contributed by atoms with Crippen LogP contribution in [-0.4, -0.2) is 52.1 Å². The van der Waals surface area contributed by atoms with E-state index in [4.69, 9.17) is 13.9 Å². The third-order valence-electron chi connectivity index (χ3n) is 6.32. The second-order valence-electron chi connectivity index (χ2n) is 8.99. The first-order valence-corrected chi connectivity index (χ1v) is 12.4. The molecule has 2 aliphatic rings. The summed E-state index contributed by atoms with van der Waals surface area (Å²) in [5, 5.41) is -0.165. The van der Waals surface area contributed by atoms with E-state index in [0.717, 1.165) is 0 Å². The van der Waals surface area contributed by atoms with Crippen LogP contribution in [0.4, 0.5) is 0 Å². The monoisotopic (exact) mass is 410 g/mol. The molecule has 2 rings (SSSR count). The maximum Gasteiger partial charge on any atom is 0.312 e. The number of rotatable bonds is 4. The predicted octanol–water partition coefficient (Wildman–Crippen LogP) is 2.30. The molecule has 28 heavy (non-hydrogen) atoms. The van der Waals surface area contributed by atoms with Gasteiger partial charge < -0.3 is 13.9 Å². The number of Topliss-reactive ketones (excluding diaryl/α,β-unsaturated/α-hetero) is 1. The van der Waals surface area contributed by atoms with Gasteiger partial charge >= 0.3 is 11.9 Å². The second kappa shape index (κ2) is 7.91. The van der Waals surface area contributed by atoms with Crippen LogP contribution in [0.15, 0.2) is 12.2 Å². The van der Waals surface area contributed by atoms with Crippen molar-refractivity contribution in [1.29, 1.82) is 0 Å². The Morgan fingerprint density at radius 1 is 1.04 bits per heavy atom. The highest BCUT2D eigenvalue weighted by atomic mass is 28.4. The van der Waals surface area contributed by atoms with Crippen LogP contribution >= 0.6 is 0 Å². The number of methoxy groups -OCH3 is 2. The van der Waals surface area contributed by atoms with Crippen molar-refractivity contribution in [3.63, 3.8) is 0 Å². The van der Waals surface area contributed by atoms with E-state index in [9.17, 15) is 19.2 Å². The van der Waals surface area contributed by atoms with Gasteiger partial charge in [0, 0.05) is 0 Å². The maximum absolute atomic E-state index is 13.0. The van der Waals surface area contributed by atoms with Crippen LogP contribution in [-0.2, 0) is 33.1 Å². The largest absolute Gasteiger partial charge is 0.469 e. The highest BCUT2D eigenvalue weighted by molar-refractivity contribution is 6.74. The molecule has 0 heterocycles. The topological polar surface area (TPSA) is 96.0 Å². The molecule has 0 amide bonds. The Balaban J connectivity index is 2.61. The van der Waals surface area contributed by atoms with Crippen LogP contribution in [0.2, 0.25) is 18.1 Å². The molecule has 0 N–H and O–H groups in total. The van der Waals surface area contributed by atoms with Crippen molar-refractivity contribution in [2.24, 2.45) is 23.7 Å². The number of hydrogen-bond acceptors (Lipinski definition) is 7. The minimum Gasteiger partial charge on any atom is -0.469 e. The molecule has 0 unspecified atom stereocenters. The molecular formula is C20H30O7Si. The number of fused-ring (bicyclic) bond motifs is 2. The van der Waals surface area contributed by atoms with Crippen LogP contribution in [0.25, 0.3) is 0 Å². The molecule has 156 valence electrons. The van der Waals surface area contributed by atoms with Crippen LogP contribution in [0.1, 0.15) is 27.2 Å². The molecule has 5 atom stereocenters. The number of hydrogen-bond donors (Lipinski definition) is 0. The summed E-state index contributed by atoms with van der Waals surface area (Å²) >= 11 is 0. The first kappa shape index (κ1) is 22.5. The number of esters is 2. The van der Waals surface area contributed by atoms with Crippen LogP contribution in [0, 0.1) is 23.7 Å². The fourth-order valence-corrected chi connectivity index (χ4v) is 5.04. The third-order valence-corrected chi connectivity index (χ3v) is 10.8. The molecule has 8 heteroatoms. The molecule has 0 aromatic rings. The summed E-state index contributed by atoms with van der Waals surface area (Å²) in [6.45, 7) is 10.2. The summed E-state index contributed by atoms with van der Waals surface area (Å²) in [6.07, 6.45) is 2.00. The van der Waals surface area contributed by atoms with E-state index in [-0.39, 0.29) is 23.0 Å². The number of carbonyl (C=O) groups is 4. The zero-order valence-electron chi connectivity index (χ0n) is 17.6. The number of ketones is 2. The average Bonchev–Trinajstić information content (AvgIpc) is 2.67. The van der Waals surface area contributed by atoms with Crippen molar-refractivity contribution in [1.82, 2.24) is 0 Å². The van der Waals surface area contributed by atoms with Crippen LogP contribution in [0.3, 0.4) is 0 Å². The zero-order chi connectivity index (χ0) is 21.4. The highest BCUT2D eigenvalue weighted by Crippen LogP contribution is 2.44. The molecule has 2 bridgehead atoms. The first-order chi connectivity index (χ1) is 12.9. The molecule has 1 fully saturated rings. The molecule has 0 saturated heterocycles. The number of carbonyl (C=O) groups excluding carboxylic acids is 4. The Morgan fingerprint density at radius 3 is 2.07 bits per heavy atom. The van der Waals surface area contributed by atoms with Crippen molar-refractivity contribution in [3.8, 4) is 0 Å². The van der Waals surface area contributed by atoms with E-state index in [1.807, 2.05) is 13.1 Å². The fraction of sp³-hybridized carbons (Fsp3) is 0.700.